The first kappa shape index (κ1) is 10.6. The second-order valence-electron chi connectivity index (χ2n) is 4.08. The van der Waals surface area contributed by atoms with Crippen molar-refractivity contribution in [2.75, 3.05) is 0 Å². The van der Waals surface area contributed by atoms with Gasteiger partial charge in [-0.15, -0.1) is 0 Å². The second-order valence-corrected chi connectivity index (χ2v) is 4.08. The molecule has 0 aliphatic carbocycles. The fourth-order valence-electron chi connectivity index (χ4n) is 1.81. The zero-order valence-corrected chi connectivity index (χ0v) is 9.43. The molecule has 0 saturated heterocycles. The monoisotopic (exact) mass is 219 g/mol. The molecule has 2 heterocycles. The van der Waals surface area contributed by atoms with Gasteiger partial charge in [-0.05, 0) is 12.8 Å². The molecule has 0 aromatic carbocycles. The predicted octanol–water partition coefficient (Wildman–Crippen LogP) is 1.86. The highest BCUT2D eigenvalue weighted by molar-refractivity contribution is 5.91. The van der Waals surface area contributed by atoms with Crippen molar-refractivity contribution in [2.45, 2.75) is 26.7 Å². The molecule has 2 aromatic rings. The summed E-state index contributed by atoms with van der Waals surface area (Å²) >= 11 is 0. The number of aromatic nitrogens is 3. The van der Waals surface area contributed by atoms with Crippen molar-refractivity contribution in [1.29, 1.82) is 0 Å². The first-order valence-corrected chi connectivity index (χ1v) is 5.09. The molecule has 16 heavy (non-hydrogen) atoms. The van der Waals surface area contributed by atoms with E-state index in [9.17, 15) is 4.79 Å². The first-order chi connectivity index (χ1) is 7.50. The van der Waals surface area contributed by atoms with Crippen molar-refractivity contribution < 1.29 is 9.90 Å². The maximum atomic E-state index is 11.1. The molecule has 0 unspecified atom stereocenters. The SMILES string of the molecule is Cc1cn2ncc(C(=O)O)c(C(C)C)c2n1. The molecule has 0 saturated carbocycles. The number of imidazole rings is 1. The van der Waals surface area contributed by atoms with Gasteiger partial charge < -0.3 is 5.11 Å². The third-order valence-electron chi connectivity index (χ3n) is 2.46. The van der Waals surface area contributed by atoms with Crippen molar-refractivity contribution in [3.63, 3.8) is 0 Å². The average Bonchev–Trinajstić information content (AvgIpc) is 2.55. The molecule has 84 valence electrons. The highest BCUT2D eigenvalue weighted by Crippen LogP contribution is 2.23. The highest BCUT2D eigenvalue weighted by Gasteiger charge is 2.18. The molecular formula is C11H13N3O2. The Morgan fingerprint density at radius 2 is 2.19 bits per heavy atom. The number of fused-ring (bicyclic) bond motifs is 1. The third kappa shape index (κ3) is 1.54. The van der Waals surface area contributed by atoms with E-state index in [0.29, 0.717) is 5.65 Å². The standard InChI is InChI=1S/C11H13N3O2/c1-6(2)9-8(11(15)16)4-12-14-5-7(3)13-10(9)14/h4-6H,1-3H3,(H,15,16). The van der Waals surface area contributed by atoms with Gasteiger partial charge in [0.05, 0.1) is 23.7 Å². The zero-order chi connectivity index (χ0) is 11.9. The summed E-state index contributed by atoms with van der Waals surface area (Å²) in [5, 5.41) is 13.1. The van der Waals surface area contributed by atoms with E-state index >= 15 is 0 Å². The number of hydrogen-bond acceptors (Lipinski definition) is 3. The smallest absolute Gasteiger partial charge is 0.337 e. The number of aromatic carboxylic acids is 1. The highest BCUT2D eigenvalue weighted by atomic mass is 16.4. The Morgan fingerprint density at radius 1 is 1.50 bits per heavy atom. The second kappa shape index (κ2) is 3.59. The number of hydrogen-bond donors (Lipinski definition) is 1. The molecule has 0 atom stereocenters. The van der Waals surface area contributed by atoms with Crippen molar-refractivity contribution in [3.8, 4) is 0 Å². The quantitative estimate of drug-likeness (QED) is 0.837. The summed E-state index contributed by atoms with van der Waals surface area (Å²) in [4.78, 5) is 15.4. The number of carboxylic acids is 1. The predicted molar refractivity (Wildman–Crippen MR) is 58.8 cm³/mol. The molecule has 0 aliphatic rings. The number of carboxylic acid groups (broad SMARTS) is 1. The molecule has 2 aromatic heterocycles. The van der Waals surface area contributed by atoms with Gasteiger partial charge in [0.25, 0.3) is 0 Å². The van der Waals surface area contributed by atoms with E-state index in [1.54, 1.807) is 10.7 Å². The summed E-state index contributed by atoms with van der Waals surface area (Å²) in [5.41, 5.74) is 2.42. The number of aryl methyl sites for hydroxylation is 1. The topological polar surface area (TPSA) is 67.5 Å². The minimum absolute atomic E-state index is 0.0957. The molecular weight excluding hydrogens is 206 g/mol. The van der Waals surface area contributed by atoms with E-state index in [2.05, 4.69) is 10.1 Å². The molecule has 0 spiro atoms. The van der Waals surface area contributed by atoms with Crippen LogP contribution >= 0.6 is 0 Å². The van der Waals surface area contributed by atoms with Crippen LogP contribution in [0.4, 0.5) is 0 Å². The van der Waals surface area contributed by atoms with E-state index in [1.807, 2.05) is 20.8 Å². The minimum Gasteiger partial charge on any atom is -0.478 e. The van der Waals surface area contributed by atoms with Crippen LogP contribution in [0.5, 0.6) is 0 Å². The Kier molecular flexibility index (Phi) is 2.38. The lowest BCUT2D eigenvalue weighted by atomic mass is 10.00. The zero-order valence-electron chi connectivity index (χ0n) is 9.43. The van der Waals surface area contributed by atoms with Crippen LogP contribution < -0.4 is 0 Å². The molecule has 0 aliphatic heterocycles. The maximum Gasteiger partial charge on any atom is 0.337 e. The average molecular weight is 219 g/mol. The van der Waals surface area contributed by atoms with E-state index in [1.165, 1.54) is 6.20 Å². The van der Waals surface area contributed by atoms with Gasteiger partial charge >= 0.3 is 5.97 Å². The van der Waals surface area contributed by atoms with Crippen LogP contribution in [0.1, 0.15) is 41.4 Å². The van der Waals surface area contributed by atoms with Gasteiger partial charge in [0.15, 0.2) is 5.65 Å². The van der Waals surface area contributed by atoms with Gasteiger partial charge in [-0.2, -0.15) is 5.10 Å². The van der Waals surface area contributed by atoms with Crippen LogP contribution in [0.25, 0.3) is 5.65 Å². The van der Waals surface area contributed by atoms with Crippen molar-refractivity contribution in [1.82, 2.24) is 14.6 Å². The minimum atomic E-state index is -0.959. The Balaban J connectivity index is 2.83. The Morgan fingerprint density at radius 3 is 2.75 bits per heavy atom. The third-order valence-corrected chi connectivity index (χ3v) is 2.46. The lowest BCUT2D eigenvalue weighted by Crippen LogP contribution is -2.08. The number of rotatable bonds is 2. The summed E-state index contributed by atoms with van der Waals surface area (Å²) in [6.07, 6.45) is 3.17. The molecule has 2 rings (SSSR count). The maximum absolute atomic E-state index is 11.1. The first-order valence-electron chi connectivity index (χ1n) is 5.09. The summed E-state index contributed by atoms with van der Waals surface area (Å²) in [7, 11) is 0. The fourth-order valence-corrected chi connectivity index (χ4v) is 1.81. The lowest BCUT2D eigenvalue weighted by molar-refractivity contribution is 0.0694. The van der Waals surface area contributed by atoms with Crippen molar-refractivity contribution in [3.05, 3.63) is 29.2 Å². The van der Waals surface area contributed by atoms with E-state index in [4.69, 9.17) is 5.11 Å². The largest absolute Gasteiger partial charge is 0.478 e. The van der Waals surface area contributed by atoms with Crippen LogP contribution in [-0.2, 0) is 0 Å². The summed E-state index contributed by atoms with van der Waals surface area (Å²) in [5.74, 6) is -0.863. The van der Waals surface area contributed by atoms with Gasteiger partial charge in [0.2, 0.25) is 0 Å². The Hall–Kier alpha value is -1.91. The summed E-state index contributed by atoms with van der Waals surface area (Å²) in [6.45, 7) is 5.76. The molecule has 0 amide bonds. The van der Waals surface area contributed by atoms with Gasteiger partial charge in [0, 0.05) is 5.56 Å². The van der Waals surface area contributed by atoms with Crippen LogP contribution in [0.3, 0.4) is 0 Å². The Labute approximate surface area is 92.7 Å². The molecule has 5 heteroatoms. The van der Waals surface area contributed by atoms with Gasteiger partial charge in [-0.3, -0.25) is 0 Å². The summed E-state index contributed by atoms with van der Waals surface area (Å²) in [6, 6.07) is 0. The van der Waals surface area contributed by atoms with Gasteiger partial charge in [-0.1, -0.05) is 13.8 Å². The lowest BCUT2D eigenvalue weighted by Gasteiger charge is -2.09. The molecule has 0 bridgehead atoms. The van der Waals surface area contributed by atoms with Crippen LogP contribution in [0.15, 0.2) is 12.4 Å². The van der Waals surface area contributed by atoms with Crippen LogP contribution in [0.2, 0.25) is 0 Å². The van der Waals surface area contributed by atoms with E-state index in [-0.39, 0.29) is 11.5 Å². The molecule has 0 fully saturated rings. The van der Waals surface area contributed by atoms with Crippen molar-refractivity contribution >= 4 is 11.6 Å². The van der Waals surface area contributed by atoms with E-state index in [0.717, 1.165) is 11.3 Å². The Bertz CT molecular complexity index is 558. The van der Waals surface area contributed by atoms with Gasteiger partial charge in [-0.25, -0.2) is 14.3 Å². The molecule has 1 N–H and O–H groups in total. The van der Waals surface area contributed by atoms with Crippen LogP contribution in [0, 0.1) is 6.92 Å². The van der Waals surface area contributed by atoms with Gasteiger partial charge in [0.1, 0.15) is 0 Å². The number of nitrogens with zero attached hydrogens (tertiary/aromatic N) is 3. The van der Waals surface area contributed by atoms with E-state index < -0.39 is 5.97 Å². The normalized spacial score (nSPS) is 11.2. The van der Waals surface area contributed by atoms with Crippen molar-refractivity contribution in [2.24, 2.45) is 0 Å². The molecule has 0 radical (unpaired) electrons. The fraction of sp³-hybridized carbons (Fsp3) is 0.364. The molecule has 5 nitrogen and oxygen atoms in total. The van der Waals surface area contributed by atoms with Crippen LogP contribution in [-0.4, -0.2) is 25.7 Å². The number of carbonyl (C=O) groups is 1. The summed E-state index contributed by atoms with van der Waals surface area (Å²) < 4.78 is 1.62.